The third kappa shape index (κ3) is 3.10. The largest absolute Gasteiger partial charge is 0.494 e. The molecule has 1 heterocycles. The second-order valence-electron chi connectivity index (χ2n) is 5.87. The lowest BCUT2D eigenvalue weighted by Gasteiger charge is -2.21. The molecule has 1 unspecified atom stereocenters. The fraction of sp³-hybridized carbons (Fsp3) is 0.471. The normalized spacial score (nSPS) is 12.5. The molecule has 0 fully saturated rings. The first-order valence-electron chi connectivity index (χ1n) is 7.32. The van der Waals surface area contributed by atoms with Crippen LogP contribution in [0.15, 0.2) is 18.2 Å². The van der Waals surface area contributed by atoms with E-state index in [0.29, 0.717) is 12.5 Å². The average Bonchev–Trinajstić information content (AvgIpc) is 2.46. The highest BCUT2D eigenvalue weighted by molar-refractivity contribution is 5.98. The topological polar surface area (TPSA) is 51.4 Å². The number of hydrogen-bond acceptors (Lipinski definition) is 4. The van der Waals surface area contributed by atoms with Crippen molar-refractivity contribution >= 4 is 16.6 Å². The molecule has 4 heteroatoms. The summed E-state index contributed by atoms with van der Waals surface area (Å²) in [5.41, 5.74) is 10.2. The maximum Gasteiger partial charge on any atom is 0.145 e. The number of rotatable bonds is 5. The van der Waals surface area contributed by atoms with Crippen LogP contribution in [-0.4, -0.2) is 32.7 Å². The Labute approximate surface area is 126 Å². The quantitative estimate of drug-likeness (QED) is 0.918. The number of nitrogens with two attached hydrogens (primary N) is 1. The van der Waals surface area contributed by atoms with E-state index in [-0.39, 0.29) is 0 Å². The van der Waals surface area contributed by atoms with Gasteiger partial charge in [0.25, 0.3) is 0 Å². The average molecular weight is 287 g/mol. The molecule has 0 saturated heterocycles. The molecule has 114 valence electrons. The smallest absolute Gasteiger partial charge is 0.145 e. The van der Waals surface area contributed by atoms with Gasteiger partial charge in [-0.05, 0) is 43.5 Å². The van der Waals surface area contributed by atoms with E-state index in [1.807, 2.05) is 13.0 Å². The predicted molar refractivity (Wildman–Crippen MR) is 89.3 cm³/mol. The molecule has 2 N–H and O–H groups in total. The highest BCUT2D eigenvalue weighted by Gasteiger charge is 2.15. The lowest BCUT2D eigenvalue weighted by atomic mass is 9.96. The second kappa shape index (κ2) is 6.31. The van der Waals surface area contributed by atoms with Crippen LogP contribution in [0.5, 0.6) is 5.75 Å². The monoisotopic (exact) mass is 287 g/mol. The fourth-order valence-corrected chi connectivity index (χ4v) is 2.64. The van der Waals surface area contributed by atoms with E-state index in [1.165, 1.54) is 16.6 Å². The minimum Gasteiger partial charge on any atom is -0.494 e. The van der Waals surface area contributed by atoms with E-state index in [0.717, 1.165) is 23.4 Å². The van der Waals surface area contributed by atoms with Gasteiger partial charge < -0.3 is 15.4 Å². The van der Waals surface area contributed by atoms with Gasteiger partial charge in [-0.15, -0.1) is 0 Å². The molecule has 0 bridgehead atoms. The molecule has 1 aromatic carbocycles. The van der Waals surface area contributed by atoms with Gasteiger partial charge in [0.1, 0.15) is 11.3 Å². The van der Waals surface area contributed by atoms with Gasteiger partial charge >= 0.3 is 0 Å². The zero-order valence-corrected chi connectivity index (χ0v) is 13.6. The van der Waals surface area contributed by atoms with Crippen molar-refractivity contribution in [1.82, 2.24) is 4.98 Å². The number of ether oxygens (including phenoxy) is 1. The van der Waals surface area contributed by atoms with Gasteiger partial charge in [-0.3, -0.25) is 0 Å². The van der Waals surface area contributed by atoms with Crippen molar-refractivity contribution in [3.8, 4) is 5.75 Å². The number of benzene rings is 1. The van der Waals surface area contributed by atoms with Crippen LogP contribution in [0, 0.1) is 12.8 Å². The van der Waals surface area contributed by atoms with Crippen LogP contribution in [0.3, 0.4) is 0 Å². The number of aryl methyl sites for hydroxylation is 1. The molecule has 1 aromatic heterocycles. The Morgan fingerprint density at radius 1 is 1.33 bits per heavy atom. The summed E-state index contributed by atoms with van der Waals surface area (Å²) in [4.78, 5) is 6.83. The van der Waals surface area contributed by atoms with Crippen LogP contribution in [0.25, 0.3) is 10.9 Å². The lowest BCUT2D eigenvalue weighted by molar-refractivity contribution is 0.418. The van der Waals surface area contributed by atoms with Crippen LogP contribution >= 0.6 is 0 Å². The number of pyridine rings is 1. The maximum atomic E-state index is 5.79. The summed E-state index contributed by atoms with van der Waals surface area (Å²) < 4.78 is 5.50. The number of fused-ring (bicyclic) bond motifs is 1. The van der Waals surface area contributed by atoms with Gasteiger partial charge in [-0.1, -0.05) is 13.0 Å². The molecule has 0 spiro atoms. The standard InChI is InChI=1S/C17H25N3O/c1-11(10-18)8-13-6-7-15(21-5)17-16(13)14(20(3)4)9-12(2)19-17/h6-7,9,11H,8,10,18H2,1-5H3. The number of methoxy groups -OCH3 is 1. The highest BCUT2D eigenvalue weighted by Crippen LogP contribution is 2.35. The number of nitrogens with zero attached hydrogens (tertiary/aromatic N) is 2. The van der Waals surface area contributed by atoms with Gasteiger partial charge in [0.2, 0.25) is 0 Å². The van der Waals surface area contributed by atoms with Crippen molar-refractivity contribution in [1.29, 1.82) is 0 Å². The van der Waals surface area contributed by atoms with Gasteiger partial charge in [0, 0.05) is 30.9 Å². The van der Waals surface area contributed by atoms with E-state index in [4.69, 9.17) is 15.5 Å². The second-order valence-corrected chi connectivity index (χ2v) is 5.87. The van der Waals surface area contributed by atoms with Gasteiger partial charge in [0.15, 0.2) is 0 Å². The third-order valence-corrected chi connectivity index (χ3v) is 3.79. The van der Waals surface area contributed by atoms with Crippen LogP contribution in [-0.2, 0) is 6.42 Å². The van der Waals surface area contributed by atoms with Crippen molar-refractivity contribution in [3.05, 3.63) is 29.5 Å². The summed E-state index contributed by atoms with van der Waals surface area (Å²) in [5, 5.41) is 1.17. The third-order valence-electron chi connectivity index (χ3n) is 3.79. The zero-order chi connectivity index (χ0) is 15.6. The molecule has 0 saturated carbocycles. The zero-order valence-electron chi connectivity index (χ0n) is 13.6. The first-order valence-corrected chi connectivity index (χ1v) is 7.32. The van der Waals surface area contributed by atoms with Crippen molar-refractivity contribution in [2.45, 2.75) is 20.3 Å². The van der Waals surface area contributed by atoms with Crippen LogP contribution < -0.4 is 15.4 Å². The summed E-state index contributed by atoms with van der Waals surface area (Å²) in [5.74, 6) is 1.26. The molecule has 21 heavy (non-hydrogen) atoms. The Bertz CT molecular complexity index is 637. The van der Waals surface area contributed by atoms with Crippen molar-refractivity contribution in [2.24, 2.45) is 11.7 Å². The van der Waals surface area contributed by atoms with E-state index in [1.54, 1.807) is 7.11 Å². The molecule has 0 aliphatic heterocycles. The Balaban J connectivity index is 2.75. The molecule has 1 atom stereocenters. The van der Waals surface area contributed by atoms with Crippen LogP contribution in [0.2, 0.25) is 0 Å². The van der Waals surface area contributed by atoms with Crippen LogP contribution in [0.1, 0.15) is 18.2 Å². The molecule has 0 radical (unpaired) electrons. The molecule has 4 nitrogen and oxygen atoms in total. The molecule has 0 aliphatic rings. The first kappa shape index (κ1) is 15.6. The van der Waals surface area contributed by atoms with E-state index in [2.05, 4.69) is 38.1 Å². The number of aromatic nitrogens is 1. The van der Waals surface area contributed by atoms with E-state index >= 15 is 0 Å². The molecule has 0 amide bonds. The summed E-state index contributed by atoms with van der Waals surface area (Å²) >= 11 is 0. The van der Waals surface area contributed by atoms with Crippen molar-refractivity contribution in [2.75, 3.05) is 32.6 Å². The maximum absolute atomic E-state index is 5.79. The highest BCUT2D eigenvalue weighted by atomic mass is 16.5. The van der Waals surface area contributed by atoms with Gasteiger partial charge in [-0.25, -0.2) is 4.98 Å². The molecule has 2 aromatic rings. The van der Waals surface area contributed by atoms with E-state index < -0.39 is 0 Å². The van der Waals surface area contributed by atoms with Crippen molar-refractivity contribution in [3.63, 3.8) is 0 Å². The Morgan fingerprint density at radius 3 is 2.62 bits per heavy atom. The number of anilines is 1. The van der Waals surface area contributed by atoms with Crippen LogP contribution in [0.4, 0.5) is 5.69 Å². The molecule has 2 rings (SSSR count). The Kier molecular flexibility index (Phi) is 4.68. The first-order chi connectivity index (χ1) is 9.97. The Morgan fingerprint density at radius 2 is 2.05 bits per heavy atom. The minimum absolute atomic E-state index is 0.443. The molecular weight excluding hydrogens is 262 g/mol. The lowest BCUT2D eigenvalue weighted by Crippen LogP contribution is -2.15. The minimum atomic E-state index is 0.443. The fourth-order valence-electron chi connectivity index (χ4n) is 2.64. The molecular formula is C17H25N3O. The van der Waals surface area contributed by atoms with Gasteiger partial charge in [-0.2, -0.15) is 0 Å². The van der Waals surface area contributed by atoms with Crippen molar-refractivity contribution < 1.29 is 4.74 Å². The van der Waals surface area contributed by atoms with Gasteiger partial charge in [0.05, 0.1) is 7.11 Å². The Hall–Kier alpha value is -1.81. The predicted octanol–water partition coefficient (Wildman–Crippen LogP) is 2.76. The summed E-state index contributed by atoms with van der Waals surface area (Å²) in [6, 6.07) is 6.27. The number of hydrogen-bond donors (Lipinski definition) is 1. The summed E-state index contributed by atoms with van der Waals surface area (Å²) in [7, 11) is 5.81. The SMILES string of the molecule is COc1ccc(CC(C)CN)c2c(N(C)C)cc(C)nc12. The summed E-state index contributed by atoms with van der Waals surface area (Å²) in [6.45, 7) is 4.87. The van der Waals surface area contributed by atoms with E-state index in [9.17, 15) is 0 Å². The summed E-state index contributed by atoms with van der Waals surface area (Å²) in [6.07, 6.45) is 0.947. The molecule has 0 aliphatic carbocycles.